The van der Waals surface area contributed by atoms with E-state index >= 15 is 0 Å². The van der Waals surface area contributed by atoms with Crippen molar-refractivity contribution >= 4 is 22.6 Å². The van der Waals surface area contributed by atoms with E-state index in [1.807, 2.05) is 67.7 Å². The van der Waals surface area contributed by atoms with Crippen LogP contribution < -0.4 is 4.90 Å². The molecular formula is C29H28N6O2. The van der Waals surface area contributed by atoms with Crippen LogP contribution in [0.1, 0.15) is 11.3 Å². The molecule has 5 aromatic rings. The van der Waals surface area contributed by atoms with Crippen LogP contribution in [0.4, 0.5) is 5.82 Å². The molecule has 6 rings (SSSR count). The molecule has 8 heteroatoms. The van der Waals surface area contributed by atoms with E-state index in [0.717, 1.165) is 63.7 Å². The summed E-state index contributed by atoms with van der Waals surface area (Å²) >= 11 is 0. The highest BCUT2D eigenvalue weighted by molar-refractivity contribution is 5.92. The average molecular weight is 493 g/mol. The summed E-state index contributed by atoms with van der Waals surface area (Å²) in [5.74, 6) is 1.09. The molecule has 0 unspecified atom stereocenters. The van der Waals surface area contributed by atoms with E-state index in [4.69, 9.17) is 4.74 Å². The minimum atomic E-state index is 0.159. The quantitative estimate of drug-likeness (QED) is 0.366. The van der Waals surface area contributed by atoms with Crippen LogP contribution in [0, 0.1) is 0 Å². The molecule has 1 aliphatic rings. The molecule has 1 fully saturated rings. The van der Waals surface area contributed by atoms with Crippen LogP contribution in [-0.2, 0) is 29.4 Å². The highest BCUT2D eigenvalue weighted by Crippen LogP contribution is 2.29. The second-order valence-corrected chi connectivity index (χ2v) is 9.34. The Morgan fingerprint density at radius 1 is 0.946 bits per heavy atom. The normalized spacial score (nSPS) is 13.8. The number of ether oxygens (including phenoxy) is 1. The van der Waals surface area contributed by atoms with Gasteiger partial charge in [0.2, 0.25) is 0 Å². The zero-order chi connectivity index (χ0) is 25.2. The van der Waals surface area contributed by atoms with Crippen LogP contribution in [0.5, 0.6) is 0 Å². The molecule has 1 aliphatic heterocycles. The van der Waals surface area contributed by atoms with E-state index in [1.54, 1.807) is 11.0 Å². The van der Waals surface area contributed by atoms with Crippen molar-refractivity contribution in [2.75, 3.05) is 31.2 Å². The first kappa shape index (κ1) is 23.1. The summed E-state index contributed by atoms with van der Waals surface area (Å²) in [6, 6.07) is 22.3. The van der Waals surface area contributed by atoms with E-state index in [-0.39, 0.29) is 5.78 Å². The van der Waals surface area contributed by atoms with Crippen molar-refractivity contribution in [3.63, 3.8) is 0 Å². The standard InChI is InChI=1S/C29H28N6O2/c1-34-23(17-27(33-34)21-5-3-2-4-6-21)16-24(36)15-20-7-9-22(10-8-20)26-18-25-28(32-26)30-19-31-29(25)35-11-13-37-14-12-35/h2-10,17-19H,11-16H2,1H3,(H,30,31,32). The van der Waals surface area contributed by atoms with Gasteiger partial charge in [0.15, 0.2) is 0 Å². The number of hydrogen-bond acceptors (Lipinski definition) is 6. The first-order chi connectivity index (χ1) is 18.1. The molecule has 0 saturated carbocycles. The number of nitrogens with zero attached hydrogens (tertiary/aromatic N) is 5. The Hall–Kier alpha value is -4.30. The maximum absolute atomic E-state index is 12.9. The van der Waals surface area contributed by atoms with Gasteiger partial charge >= 0.3 is 0 Å². The maximum atomic E-state index is 12.9. The number of hydrogen-bond donors (Lipinski definition) is 1. The highest BCUT2D eigenvalue weighted by Gasteiger charge is 2.18. The first-order valence-corrected chi connectivity index (χ1v) is 12.5. The number of anilines is 1. The zero-order valence-electron chi connectivity index (χ0n) is 20.7. The van der Waals surface area contributed by atoms with Crippen LogP contribution in [0.15, 0.2) is 73.1 Å². The number of aromatic amines is 1. The Morgan fingerprint density at radius 3 is 2.51 bits per heavy atom. The number of carbonyl (C=O) groups is 1. The summed E-state index contributed by atoms with van der Waals surface area (Å²) < 4.78 is 7.28. The van der Waals surface area contributed by atoms with E-state index in [1.165, 1.54) is 0 Å². The smallest absolute Gasteiger partial charge is 0.143 e. The monoisotopic (exact) mass is 492 g/mol. The van der Waals surface area contributed by atoms with Gasteiger partial charge in [0.1, 0.15) is 23.6 Å². The third kappa shape index (κ3) is 4.88. The van der Waals surface area contributed by atoms with Crippen molar-refractivity contribution in [3.8, 4) is 22.5 Å². The lowest BCUT2D eigenvalue weighted by atomic mass is 10.0. The molecule has 1 saturated heterocycles. The number of H-pyrrole nitrogens is 1. The predicted molar refractivity (Wildman–Crippen MR) is 143 cm³/mol. The van der Waals surface area contributed by atoms with Crippen molar-refractivity contribution in [2.24, 2.45) is 7.05 Å². The molecule has 0 amide bonds. The SMILES string of the molecule is Cn1nc(-c2ccccc2)cc1CC(=O)Cc1ccc(-c2cc3c(N4CCOCC4)ncnc3[nH]2)cc1. The third-order valence-electron chi connectivity index (χ3n) is 6.81. The van der Waals surface area contributed by atoms with Gasteiger partial charge in [-0.3, -0.25) is 9.48 Å². The first-order valence-electron chi connectivity index (χ1n) is 12.5. The molecule has 0 bridgehead atoms. The van der Waals surface area contributed by atoms with Gasteiger partial charge in [-0.25, -0.2) is 9.97 Å². The average Bonchev–Trinajstić information content (AvgIpc) is 3.53. The molecular weight excluding hydrogens is 464 g/mol. The number of Topliss-reactive ketones (excluding diaryl/α,β-unsaturated/α-hetero) is 1. The molecule has 2 aromatic carbocycles. The van der Waals surface area contributed by atoms with Crippen LogP contribution in [0.2, 0.25) is 0 Å². The Kier molecular flexibility index (Phi) is 6.24. The van der Waals surface area contributed by atoms with E-state index in [2.05, 4.69) is 31.0 Å². The number of ketones is 1. The van der Waals surface area contributed by atoms with Gasteiger partial charge in [0.05, 0.1) is 24.3 Å². The summed E-state index contributed by atoms with van der Waals surface area (Å²) in [5.41, 5.74) is 6.67. The molecule has 8 nitrogen and oxygen atoms in total. The lowest BCUT2D eigenvalue weighted by Gasteiger charge is -2.27. The van der Waals surface area contributed by atoms with Crippen molar-refractivity contribution < 1.29 is 9.53 Å². The van der Waals surface area contributed by atoms with Crippen LogP contribution >= 0.6 is 0 Å². The van der Waals surface area contributed by atoms with Crippen LogP contribution in [0.25, 0.3) is 33.5 Å². The van der Waals surface area contributed by atoms with Gasteiger partial charge in [-0.2, -0.15) is 5.10 Å². The molecule has 0 atom stereocenters. The number of carbonyl (C=O) groups excluding carboxylic acids is 1. The molecule has 186 valence electrons. The Morgan fingerprint density at radius 2 is 1.73 bits per heavy atom. The van der Waals surface area contributed by atoms with Crippen molar-refractivity contribution in [2.45, 2.75) is 12.8 Å². The minimum absolute atomic E-state index is 0.159. The van der Waals surface area contributed by atoms with Crippen LogP contribution in [-0.4, -0.2) is 56.8 Å². The fourth-order valence-corrected chi connectivity index (χ4v) is 4.83. The molecule has 4 heterocycles. The van der Waals surface area contributed by atoms with Crippen molar-refractivity contribution in [1.29, 1.82) is 0 Å². The van der Waals surface area contributed by atoms with Gasteiger partial charge in [-0.05, 0) is 23.3 Å². The lowest BCUT2D eigenvalue weighted by molar-refractivity contribution is -0.117. The second-order valence-electron chi connectivity index (χ2n) is 9.34. The van der Waals surface area contributed by atoms with E-state index in [9.17, 15) is 4.79 Å². The van der Waals surface area contributed by atoms with Gasteiger partial charge in [-0.15, -0.1) is 0 Å². The van der Waals surface area contributed by atoms with E-state index < -0.39 is 0 Å². The Balaban J connectivity index is 1.15. The summed E-state index contributed by atoms with van der Waals surface area (Å²) in [6.07, 6.45) is 2.34. The van der Waals surface area contributed by atoms with Crippen molar-refractivity contribution in [1.82, 2.24) is 24.7 Å². The Bertz CT molecular complexity index is 1530. The molecule has 37 heavy (non-hydrogen) atoms. The highest BCUT2D eigenvalue weighted by atomic mass is 16.5. The summed E-state index contributed by atoms with van der Waals surface area (Å²) in [5, 5.41) is 5.59. The third-order valence-corrected chi connectivity index (χ3v) is 6.81. The number of aryl methyl sites for hydroxylation is 1. The predicted octanol–water partition coefficient (Wildman–Crippen LogP) is 4.22. The fourth-order valence-electron chi connectivity index (χ4n) is 4.83. The second kappa shape index (κ2) is 9.99. The molecule has 0 radical (unpaired) electrons. The number of morpholine rings is 1. The number of rotatable bonds is 7. The maximum Gasteiger partial charge on any atom is 0.143 e. The van der Waals surface area contributed by atoms with Gasteiger partial charge in [0, 0.05) is 49.9 Å². The van der Waals surface area contributed by atoms with Gasteiger partial charge < -0.3 is 14.6 Å². The van der Waals surface area contributed by atoms with Crippen molar-refractivity contribution in [3.05, 3.63) is 84.3 Å². The zero-order valence-corrected chi connectivity index (χ0v) is 20.7. The van der Waals surface area contributed by atoms with Crippen LogP contribution in [0.3, 0.4) is 0 Å². The van der Waals surface area contributed by atoms with Gasteiger partial charge in [0.25, 0.3) is 0 Å². The molecule has 1 N–H and O–H groups in total. The molecule has 0 aliphatic carbocycles. The topological polar surface area (TPSA) is 88.9 Å². The fraction of sp³-hybridized carbons (Fsp3) is 0.241. The molecule has 3 aromatic heterocycles. The lowest BCUT2D eigenvalue weighted by Crippen LogP contribution is -2.36. The van der Waals surface area contributed by atoms with E-state index in [0.29, 0.717) is 26.1 Å². The number of aromatic nitrogens is 5. The summed E-state index contributed by atoms with van der Waals surface area (Å²) in [4.78, 5) is 27.5. The number of benzene rings is 2. The van der Waals surface area contributed by atoms with Gasteiger partial charge in [-0.1, -0.05) is 54.6 Å². The minimum Gasteiger partial charge on any atom is -0.378 e. The summed E-state index contributed by atoms with van der Waals surface area (Å²) in [7, 11) is 1.89. The summed E-state index contributed by atoms with van der Waals surface area (Å²) in [6.45, 7) is 3.05. The molecule has 0 spiro atoms. The Labute approximate surface area is 214 Å². The number of nitrogens with one attached hydrogen (secondary N) is 1. The largest absolute Gasteiger partial charge is 0.378 e. The number of fused-ring (bicyclic) bond motifs is 1.